The van der Waals surface area contributed by atoms with E-state index in [0.717, 1.165) is 10.2 Å². The lowest BCUT2D eigenvalue weighted by Crippen LogP contribution is -2.44. The van der Waals surface area contributed by atoms with Crippen molar-refractivity contribution in [3.8, 4) is 0 Å². The summed E-state index contributed by atoms with van der Waals surface area (Å²) in [6.07, 6.45) is 1.62. The van der Waals surface area contributed by atoms with Gasteiger partial charge in [-0.05, 0) is 29.8 Å². The van der Waals surface area contributed by atoms with Crippen LogP contribution in [0.15, 0.2) is 10.7 Å². The number of thiol groups is 1. The van der Waals surface area contributed by atoms with Crippen molar-refractivity contribution in [1.29, 1.82) is 0 Å². The quantitative estimate of drug-likeness (QED) is 0.592. The van der Waals surface area contributed by atoms with Crippen molar-refractivity contribution >= 4 is 40.4 Å². The molecule has 1 amide bonds. The molecule has 0 aromatic carbocycles. The molecule has 0 bridgehead atoms. The van der Waals surface area contributed by atoms with E-state index in [9.17, 15) is 9.59 Å². The van der Waals surface area contributed by atoms with Crippen LogP contribution in [0.3, 0.4) is 0 Å². The van der Waals surface area contributed by atoms with Crippen molar-refractivity contribution in [3.05, 3.63) is 16.4 Å². The van der Waals surface area contributed by atoms with Crippen LogP contribution in [-0.4, -0.2) is 40.1 Å². The van der Waals surface area contributed by atoms with Gasteiger partial charge in [0, 0.05) is 5.75 Å². The lowest BCUT2D eigenvalue weighted by Gasteiger charge is -2.15. The first-order chi connectivity index (χ1) is 8.99. The molecule has 1 aromatic heterocycles. The Labute approximate surface area is 125 Å². The number of halogens is 1. The number of ether oxygens (including phenoxy) is 1. The van der Waals surface area contributed by atoms with Gasteiger partial charge in [-0.25, -0.2) is 4.79 Å². The number of hydrogen-bond acceptors (Lipinski definition) is 5. The third kappa shape index (κ3) is 4.54. The second-order valence-corrected chi connectivity index (χ2v) is 5.01. The van der Waals surface area contributed by atoms with Crippen LogP contribution in [0.4, 0.5) is 0 Å². The molecule has 6 nitrogen and oxygen atoms in total. The van der Waals surface area contributed by atoms with Crippen molar-refractivity contribution in [2.75, 3.05) is 12.4 Å². The highest BCUT2D eigenvalue weighted by Gasteiger charge is 2.20. The van der Waals surface area contributed by atoms with Crippen molar-refractivity contribution in [1.82, 2.24) is 15.1 Å². The standard InChI is InChI=1S/C11H16BrN3O3S/c1-3-18-11(17)9(6-19)14-10(16)5-15-7(2)8(12)4-13-15/h4,9,19H,3,5-6H2,1-2H3,(H,14,16)/t9-/m0/s1. The fraction of sp³-hybridized carbons (Fsp3) is 0.545. The molecule has 106 valence electrons. The fourth-order valence-corrected chi connectivity index (χ4v) is 1.92. The molecule has 0 saturated heterocycles. The molecule has 0 unspecified atom stereocenters. The van der Waals surface area contributed by atoms with Crippen LogP contribution < -0.4 is 5.32 Å². The van der Waals surface area contributed by atoms with Gasteiger partial charge in [-0.2, -0.15) is 17.7 Å². The predicted octanol–water partition coefficient (Wildman–Crippen LogP) is 0.932. The molecule has 1 N–H and O–H groups in total. The van der Waals surface area contributed by atoms with E-state index >= 15 is 0 Å². The number of esters is 1. The van der Waals surface area contributed by atoms with E-state index in [0.29, 0.717) is 0 Å². The molecule has 1 aromatic rings. The van der Waals surface area contributed by atoms with Crippen LogP contribution in [0.25, 0.3) is 0 Å². The zero-order valence-corrected chi connectivity index (χ0v) is 13.2. The summed E-state index contributed by atoms with van der Waals surface area (Å²) in [5.74, 6) is -0.609. The Morgan fingerprint density at radius 3 is 2.79 bits per heavy atom. The maximum Gasteiger partial charge on any atom is 0.329 e. The first-order valence-electron chi connectivity index (χ1n) is 5.74. The van der Waals surface area contributed by atoms with Crippen LogP contribution in [0.5, 0.6) is 0 Å². The molecule has 0 aliphatic carbocycles. The molecule has 1 rings (SSSR count). The first kappa shape index (κ1) is 16.0. The molecule has 1 atom stereocenters. The average molecular weight is 350 g/mol. The van der Waals surface area contributed by atoms with Gasteiger partial charge < -0.3 is 10.1 Å². The minimum Gasteiger partial charge on any atom is -0.464 e. The summed E-state index contributed by atoms with van der Waals surface area (Å²) < 4.78 is 7.21. The van der Waals surface area contributed by atoms with Crippen molar-refractivity contribution in [3.63, 3.8) is 0 Å². The number of carbonyl (C=O) groups excluding carboxylic acids is 2. The van der Waals surface area contributed by atoms with Gasteiger partial charge in [0.1, 0.15) is 12.6 Å². The minimum atomic E-state index is -0.741. The first-order valence-corrected chi connectivity index (χ1v) is 7.16. The molecular formula is C11H16BrN3O3S. The number of rotatable bonds is 6. The maximum absolute atomic E-state index is 11.8. The summed E-state index contributed by atoms with van der Waals surface area (Å²) in [5.41, 5.74) is 0.841. The Balaban J connectivity index is 2.59. The predicted molar refractivity (Wildman–Crippen MR) is 77.1 cm³/mol. The van der Waals surface area contributed by atoms with E-state index in [2.05, 4.69) is 39.0 Å². The van der Waals surface area contributed by atoms with Crippen LogP contribution in [-0.2, 0) is 20.9 Å². The molecule has 0 saturated carbocycles. The summed E-state index contributed by atoms with van der Waals surface area (Å²) >= 11 is 7.34. The largest absolute Gasteiger partial charge is 0.464 e. The molecule has 0 fully saturated rings. The third-order valence-electron chi connectivity index (χ3n) is 2.43. The van der Waals surface area contributed by atoms with Crippen LogP contribution >= 0.6 is 28.6 Å². The normalized spacial score (nSPS) is 12.0. The van der Waals surface area contributed by atoms with Crippen LogP contribution in [0.1, 0.15) is 12.6 Å². The summed E-state index contributed by atoms with van der Waals surface area (Å²) in [7, 11) is 0. The van der Waals surface area contributed by atoms with E-state index in [-0.39, 0.29) is 24.8 Å². The molecule has 19 heavy (non-hydrogen) atoms. The summed E-state index contributed by atoms with van der Waals surface area (Å²) in [6.45, 7) is 3.86. The molecule has 0 aliphatic rings. The number of aromatic nitrogens is 2. The van der Waals surface area contributed by atoms with Crippen molar-refractivity contribution in [2.45, 2.75) is 26.4 Å². The maximum atomic E-state index is 11.8. The van der Waals surface area contributed by atoms with Crippen molar-refractivity contribution in [2.24, 2.45) is 0 Å². The number of hydrogen-bond donors (Lipinski definition) is 2. The van der Waals surface area contributed by atoms with E-state index < -0.39 is 12.0 Å². The Kier molecular flexibility index (Phi) is 6.36. The van der Waals surface area contributed by atoms with Gasteiger partial charge in [-0.15, -0.1) is 0 Å². The molecular weight excluding hydrogens is 334 g/mol. The Hall–Kier alpha value is -1.02. The minimum absolute atomic E-state index is 0.0428. The zero-order valence-electron chi connectivity index (χ0n) is 10.7. The van der Waals surface area contributed by atoms with Crippen molar-refractivity contribution < 1.29 is 14.3 Å². The molecule has 0 spiro atoms. The fourth-order valence-electron chi connectivity index (χ4n) is 1.38. The highest BCUT2D eigenvalue weighted by atomic mass is 79.9. The topological polar surface area (TPSA) is 73.2 Å². The summed E-state index contributed by atoms with van der Waals surface area (Å²) in [4.78, 5) is 23.3. The van der Waals surface area contributed by atoms with Gasteiger partial charge in [-0.1, -0.05) is 0 Å². The van der Waals surface area contributed by atoms with Gasteiger partial charge >= 0.3 is 5.97 Å². The number of nitrogens with one attached hydrogen (secondary N) is 1. The van der Waals surface area contributed by atoms with E-state index in [1.165, 1.54) is 0 Å². The Morgan fingerprint density at radius 2 is 2.32 bits per heavy atom. The van der Waals surface area contributed by atoms with E-state index in [1.54, 1.807) is 17.8 Å². The van der Waals surface area contributed by atoms with Crippen LogP contribution in [0, 0.1) is 6.92 Å². The average Bonchev–Trinajstić information content (AvgIpc) is 2.68. The highest BCUT2D eigenvalue weighted by molar-refractivity contribution is 9.10. The van der Waals surface area contributed by atoms with E-state index in [1.807, 2.05) is 6.92 Å². The van der Waals surface area contributed by atoms with E-state index in [4.69, 9.17) is 4.74 Å². The van der Waals surface area contributed by atoms with Gasteiger partial charge in [0.05, 0.1) is 23.0 Å². The second kappa shape index (κ2) is 7.54. The van der Waals surface area contributed by atoms with Gasteiger partial charge in [0.25, 0.3) is 0 Å². The van der Waals surface area contributed by atoms with Gasteiger partial charge in [-0.3, -0.25) is 9.48 Å². The highest BCUT2D eigenvalue weighted by Crippen LogP contribution is 2.13. The number of carbonyl (C=O) groups is 2. The number of amides is 1. The smallest absolute Gasteiger partial charge is 0.329 e. The summed E-state index contributed by atoms with van der Waals surface area (Å²) in [6, 6.07) is -0.741. The van der Waals surface area contributed by atoms with Crippen LogP contribution in [0.2, 0.25) is 0 Å². The SMILES string of the molecule is CCOC(=O)[C@H](CS)NC(=O)Cn1ncc(Br)c1C. The Morgan fingerprint density at radius 1 is 1.63 bits per heavy atom. The number of nitrogens with zero attached hydrogens (tertiary/aromatic N) is 2. The summed E-state index contributed by atoms with van der Waals surface area (Å²) in [5, 5.41) is 6.61. The van der Waals surface area contributed by atoms with Gasteiger partial charge in [0.2, 0.25) is 5.91 Å². The third-order valence-corrected chi connectivity index (χ3v) is 3.57. The molecule has 0 radical (unpaired) electrons. The zero-order chi connectivity index (χ0) is 14.4. The lowest BCUT2D eigenvalue weighted by molar-refractivity contribution is -0.146. The Bertz CT molecular complexity index is 464. The second-order valence-electron chi connectivity index (χ2n) is 3.79. The molecule has 0 aliphatic heterocycles. The lowest BCUT2D eigenvalue weighted by atomic mass is 10.3. The molecule has 1 heterocycles. The monoisotopic (exact) mass is 349 g/mol. The molecule has 8 heteroatoms. The van der Waals surface area contributed by atoms with Gasteiger partial charge in [0.15, 0.2) is 0 Å².